The topological polar surface area (TPSA) is 32.8 Å². The lowest BCUT2D eigenvalue weighted by Gasteiger charge is -1.95. The Bertz CT molecular complexity index is 94.7. The molecule has 2 atom stereocenters. The fourth-order valence-electron chi connectivity index (χ4n) is 0.574. The van der Waals surface area contributed by atoms with Gasteiger partial charge in [-0.1, -0.05) is 12.2 Å². The number of hydrogen-bond acceptors (Lipinski definition) is 2. The third-order valence-electron chi connectivity index (χ3n) is 1.13. The van der Waals surface area contributed by atoms with E-state index < -0.39 is 0 Å². The van der Waals surface area contributed by atoms with Gasteiger partial charge in [0.25, 0.3) is 0 Å². The quantitative estimate of drug-likeness (QED) is 0.414. The highest BCUT2D eigenvalue weighted by Crippen LogP contribution is 2.14. The molecule has 0 radical (unpaired) electrons. The second-order valence-electron chi connectivity index (χ2n) is 1.89. The van der Waals surface area contributed by atoms with Crippen molar-refractivity contribution in [2.75, 3.05) is 6.61 Å². The van der Waals surface area contributed by atoms with Crippen LogP contribution >= 0.6 is 0 Å². The largest absolute Gasteiger partial charge is 0.386 e. The van der Waals surface area contributed by atoms with Crippen LogP contribution in [0.1, 0.15) is 6.92 Å². The Labute approximate surface area is 48.8 Å². The average molecular weight is 114 g/mol. The van der Waals surface area contributed by atoms with Gasteiger partial charge in [-0.3, -0.25) is 0 Å². The van der Waals surface area contributed by atoms with Crippen molar-refractivity contribution in [1.29, 1.82) is 0 Å². The zero-order valence-corrected chi connectivity index (χ0v) is 4.87. The summed E-state index contributed by atoms with van der Waals surface area (Å²) in [6.07, 6.45) is 3.27. The summed E-state index contributed by atoms with van der Waals surface area (Å²) in [7, 11) is 0. The molecule has 1 N–H and O–H groups in total. The van der Waals surface area contributed by atoms with Gasteiger partial charge in [0.1, 0.15) is 12.2 Å². The van der Waals surface area contributed by atoms with Crippen molar-refractivity contribution in [3.05, 3.63) is 12.2 Å². The number of ether oxygens (including phenoxy) is 1. The molecular weight excluding hydrogens is 104 g/mol. The van der Waals surface area contributed by atoms with Crippen LogP contribution in [0.5, 0.6) is 0 Å². The Balaban J connectivity index is 2.22. The first-order valence-electron chi connectivity index (χ1n) is 2.77. The number of rotatable bonds is 2. The van der Waals surface area contributed by atoms with E-state index in [2.05, 4.69) is 0 Å². The number of hydrogen-bond donors (Lipinski definition) is 1. The first-order chi connectivity index (χ1) is 3.84. The summed E-state index contributed by atoms with van der Waals surface area (Å²) in [5.41, 5.74) is 0. The van der Waals surface area contributed by atoms with E-state index in [9.17, 15) is 0 Å². The molecule has 1 unspecified atom stereocenters. The normalized spacial score (nSPS) is 31.0. The maximum absolute atomic E-state index is 8.98. The highest BCUT2D eigenvalue weighted by Gasteiger charge is 2.28. The predicted octanol–water partition coefficient (Wildman–Crippen LogP) is 0.322. The van der Waals surface area contributed by atoms with Crippen LogP contribution in [0.15, 0.2) is 12.2 Å². The Morgan fingerprint density at radius 3 is 2.88 bits per heavy atom. The zero-order valence-electron chi connectivity index (χ0n) is 4.87. The Morgan fingerprint density at radius 1 is 1.88 bits per heavy atom. The van der Waals surface area contributed by atoms with Crippen molar-refractivity contribution < 1.29 is 9.84 Å². The van der Waals surface area contributed by atoms with E-state index in [-0.39, 0.29) is 12.2 Å². The highest BCUT2D eigenvalue weighted by atomic mass is 16.6. The summed E-state index contributed by atoms with van der Waals surface area (Å²) in [4.78, 5) is 0. The fourth-order valence-corrected chi connectivity index (χ4v) is 0.574. The summed E-state index contributed by atoms with van der Waals surface area (Å²) in [6, 6.07) is 0. The van der Waals surface area contributed by atoms with E-state index in [1.54, 1.807) is 6.08 Å². The molecule has 1 aliphatic heterocycles. The molecule has 0 bridgehead atoms. The first kappa shape index (κ1) is 5.79. The van der Waals surface area contributed by atoms with Gasteiger partial charge in [-0.25, -0.2) is 0 Å². The lowest BCUT2D eigenvalue weighted by molar-refractivity contribution is 0.178. The van der Waals surface area contributed by atoms with Gasteiger partial charge in [-0.2, -0.15) is 0 Å². The average Bonchev–Trinajstić information content (AvgIpc) is 2.45. The maximum atomic E-state index is 8.98. The number of allylic oxidation sites excluding steroid dienone is 1. The second kappa shape index (κ2) is 2.29. The molecule has 0 aliphatic carbocycles. The fraction of sp³-hybridized carbons (Fsp3) is 0.667. The van der Waals surface area contributed by atoms with Crippen molar-refractivity contribution in [3.8, 4) is 0 Å². The molecule has 0 amide bonds. The van der Waals surface area contributed by atoms with Gasteiger partial charge < -0.3 is 9.84 Å². The third-order valence-corrected chi connectivity index (χ3v) is 1.13. The summed E-state index contributed by atoms with van der Waals surface area (Å²) < 4.78 is 4.82. The lowest BCUT2D eigenvalue weighted by atomic mass is 10.2. The number of epoxide rings is 1. The van der Waals surface area contributed by atoms with Gasteiger partial charge in [-0.05, 0) is 6.92 Å². The van der Waals surface area contributed by atoms with E-state index in [1.807, 2.05) is 13.0 Å². The van der Waals surface area contributed by atoms with Gasteiger partial charge in [-0.15, -0.1) is 0 Å². The highest BCUT2D eigenvalue weighted by molar-refractivity contribution is 4.94. The van der Waals surface area contributed by atoms with Gasteiger partial charge in [0.05, 0.1) is 6.61 Å². The van der Waals surface area contributed by atoms with E-state index in [1.165, 1.54) is 0 Å². The molecule has 0 saturated carbocycles. The van der Waals surface area contributed by atoms with Crippen LogP contribution < -0.4 is 0 Å². The molecule has 0 aromatic rings. The van der Waals surface area contributed by atoms with Crippen molar-refractivity contribution in [3.63, 3.8) is 0 Å². The molecule has 2 heteroatoms. The predicted molar refractivity (Wildman–Crippen MR) is 30.6 cm³/mol. The molecule has 0 aromatic carbocycles. The smallest absolute Gasteiger partial charge is 0.110 e. The van der Waals surface area contributed by atoms with Gasteiger partial charge in [0.15, 0.2) is 0 Å². The minimum atomic E-state index is -0.375. The van der Waals surface area contributed by atoms with Gasteiger partial charge in [0, 0.05) is 0 Å². The van der Waals surface area contributed by atoms with Crippen LogP contribution in [0.2, 0.25) is 0 Å². The maximum Gasteiger partial charge on any atom is 0.110 e. The molecular formula is C6H10O2. The van der Waals surface area contributed by atoms with E-state index in [0.29, 0.717) is 6.61 Å². The van der Waals surface area contributed by atoms with Crippen molar-refractivity contribution in [1.82, 2.24) is 0 Å². The van der Waals surface area contributed by atoms with Crippen molar-refractivity contribution >= 4 is 0 Å². The molecule has 8 heavy (non-hydrogen) atoms. The monoisotopic (exact) mass is 114 g/mol. The van der Waals surface area contributed by atoms with Crippen LogP contribution in [0.4, 0.5) is 0 Å². The third kappa shape index (κ3) is 1.32. The van der Waals surface area contributed by atoms with E-state index in [0.717, 1.165) is 0 Å². The standard InChI is InChI=1S/C6H10O2/c1-2-3-5(7)6-4-8-6/h2-3,5-7H,4H2,1H3/t5?,6-/m0/s1. The summed E-state index contributed by atoms with van der Waals surface area (Å²) >= 11 is 0. The first-order valence-corrected chi connectivity index (χ1v) is 2.77. The summed E-state index contributed by atoms with van der Waals surface area (Å²) in [5, 5.41) is 8.98. The minimum Gasteiger partial charge on any atom is -0.386 e. The van der Waals surface area contributed by atoms with Crippen LogP contribution in [0.25, 0.3) is 0 Å². The Morgan fingerprint density at radius 2 is 2.50 bits per heavy atom. The molecule has 1 heterocycles. The molecule has 1 saturated heterocycles. The number of aliphatic hydroxyl groups excluding tert-OH is 1. The Kier molecular flexibility index (Phi) is 1.65. The van der Waals surface area contributed by atoms with Crippen LogP contribution in [-0.2, 0) is 4.74 Å². The molecule has 1 fully saturated rings. The van der Waals surface area contributed by atoms with Gasteiger partial charge >= 0.3 is 0 Å². The van der Waals surface area contributed by atoms with Crippen molar-refractivity contribution in [2.45, 2.75) is 19.1 Å². The zero-order chi connectivity index (χ0) is 5.98. The van der Waals surface area contributed by atoms with Crippen LogP contribution in [-0.4, -0.2) is 23.9 Å². The van der Waals surface area contributed by atoms with Gasteiger partial charge in [0.2, 0.25) is 0 Å². The molecule has 0 aromatic heterocycles. The SMILES string of the molecule is CC=CC(O)[C@@H]1CO1. The molecule has 2 nitrogen and oxygen atoms in total. The van der Waals surface area contributed by atoms with E-state index in [4.69, 9.17) is 9.84 Å². The molecule has 0 spiro atoms. The Hall–Kier alpha value is -0.340. The van der Waals surface area contributed by atoms with E-state index >= 15 is 0 Å². The van der Waals surface area contributed by atoms with Crippen molar-refractivity contribution in [2.24, 2.45) is 0 Å². The number of aliphatic hydroxyl groups is 1. The summed E-state index contributed by atoms with van der Waals surface area (Å²) in [6.45, 7) is 2.59. The molecule has 46 valence electrons. The lowest BCUT2D eigenvalue weighted by Crippen LogP contribution is -2.09. The minimum absolute atomic E-state index is 0.0891. The van der Waals surface area contributed by atoms with Crippen LogP contribution in [0.3, 0.4) is 0 Å². The van der Waals surface area contributed by atoms with Crippen LogP contribution in [0, 0.1) is 0 Å². The summed E-state index contributed by atoms with van der Waals surface area (Å²) in [5.74, 6) is 0. The molecule has 1 aliphatic rings. The molecule has 1 rings (SSSR count). The second-order valence-corrected chi connectivity index (χ2v) is 1.89.